The van der Waals surface area contributed by atoms with Crippen molar-refractivity contribution in [2.45, 2.75) is 18.7 Å². The minimum atomic E-state index is -3.72. The van der Waals surface area contributed by atoms with E-state index >= 15 is 0 Å². The van der Waals surface area contributed by atoms with Gasteiger partial charge in [0.25, 0.3) is 0 Å². The molecule has 30 heavy (non-hydrogen) atoms. The summed E-state index contributed by atoms with van der Waals surface area (Å²) in [5.74, 6) is 1.39. The Labute approximate surface area is 185 Å². The van der Waals surface area contributed by atoms with Crippen molar-refractivity contribution in [1.29, 1.82) is 0 Å². The van der Waals surface area contributed by atoms with Crippen molar-refractivity contribution < 1.29 is 8.42 Å². The molecule has 0 radical (unpaired) electrons. The lowest BCUT2D eigenvalue weighted by Crippen LogP contribution is -2.49. The van der Waals surface area contributed by atoms with Crippen molar-refractivity contribution in [3.63, 3.8) is 0 Å². The summed E-state index contributed by atoms with van der Waals surface area (Å²) in [4.78, 5) is 10.7. The Balaban J connectivity index is 1.51. The van der Waals surface area contributed by atoms with Crippen LogP contribution in [0.25, 0.3) is 5.82 Å². The largest absolute Gasteiger partial charge is 0.354 e. The maximum Gasteiger partial charge on any atom is 0.244 e. The Morgan fingerprint density at radius 3 is 2.30 bits per heavy atom. The van der Waals surface area contributed by atoms with Crippen LogP contribution in [-0.2, 0) is 10.0 Å². The number of aryl methyl sites for hydroxylation is 2. The van der Waals surface area contributed by atoms with Gasteiger partial charge in [-0.2, -0.15) is 9.40 Å². The topological polar surface area (TPSA) is 84.2 Å². The van der Waals surface area contributed by atoms with Crippen LogP contribution in [0.5, 0.6) is 0 Å². The van der Waals surface area contributed by atoms with Gasteiger partial charge >= 0.3 is 0 Å². The van der Waals surface area contributed by atoms with E-state index in [0.29, 0.717) is 42.6 Å². The monoisotopic (exact) mass is 466 g/mol. The zero-order valence-electron chi connectivity index (χ0n) is 16.5. The van der Waals surface area contributed by atoms with Crippen molar-refractivity contribution in [3.8, 4) is 5.82 Å². The van der Waals surface area contributed by atoms with E-state index in [-0.39, 0.29) is 9.92 Å². The number of hydrogen-bond donors (Lipinski definition) is 0. The van der Waals surface area contributed by atoms with Gasteiger partial charge in [-0.25, -0.2) is 23.1 Å². The fourth-order valence-corrected chi connectivity index (χ4v) is 5.53. The molecule has 4 rings (SSSR count). The first-order valence-corrected chi connectivity index (χ1v) is 11.5. The van der Waals surface area contributed by atoms with E-state index in [4.69, 9.17) is 23.2 Å². The molecule has 0 amide bonds. The molecule has 1 aromatic carbocycles. The highest BCUT2D eigenvalue weighted by molar-refractivity contribution is 7.89. The van der Waals surface area contributed by atoms with Gasteiger partial charge in [-0.1, -0.05) is 23.2 Å². The minimum absolute atomic E-state index is 0.0814. The van der Waals surface area contributed by atoms with Gasteiger partial charge in [-0.3, -0.25) is 0 Å². The molecule has 1 aliphatic heterocycles. The average Bonchev–Trinajstić information content (AvgIpc) is 3.17. The first-order valence-electron chi connectivity index (χ1n) is 9.31. The summed E-state index contributed by atoms with van der Waals surface area (Å²) in [7, 11) is -3.72. The summed E-state index contributed by atoms with van der Waals surface area (Å²) in [6.45, 7) is 5.30. The zero-order valence-corrected chi connectivity index (χ0v) is 18.8. The van der Waals surface area contributed by atoms with Crippen molar-refractivity contribution >= 4 is 39.0 Å². The Bertz CT molecular complexity index is 1190. The quantitative estimate of drug-likeness (QED) is 0.587. The average molecular weight is 467 g/mol. The fourth-order valence-electron chi connectivity index (χ4n) is 3.30. The maximum absolute atomic E-state index is 13.1. The third kappa shape index (κ3) is 4.02. The van der Waals surface area contributed by atoms with Crippen LogP contribution in [0.4, 0.5) is 5.82 Å². The van der Waals surface area contributed by atoms with Gasteiger partial charge in [0.05, 0.1) is 10.7 Å². The number of sulfonamides is 1. The number of aromatic nitrogens is 4. The number of piperazine rings is 1. The summed E-state index contributed by atoms with van der Waals surface area (Å²) in [5, 5.41) is 4.93. The number of anilines is 1. The van der Waals surface area contributed by atoms with Gasteiger partial charge in [0.2, 0.25) is 10.0 Å². The Morgan fingerprint density at radius 2 is 1.63 bits per heavy atom. The second-order valence-corrected chi connectivity index (χ2v) is 9.78. The molecule has 3 heterocycles. The first-order chi connectivity index (χ1) is 14.3. The molecule has 2 aromatic heterocycles. The third-order valence-corrected chi connectivity index (χ3v) is 7.76. The second kappa shape index (κ2) is 8.14. The zero-order chi connectivity index (χ0) is 21.5. The predicted octanol–water partition coefficient (Wildman–Crippen LogP) is 3.10. The lowest BCUT2D eigenvalue weighted by atomic mass is 10.2. The van der Waals surface area contributed by atoms with Crippen molar-refractivity contribution in [1.82, 2.24) is 24.1 Å². The molecular weight excluding hydrogens is 447 g/mol. The van der Waals surface area contributed by atoms with Gasteiger partial charge in [0.15, 0.2) is 5.82 Å². The lowest BCUT2D eigenvalue weighted by molar-refractivity contribution is 0.383. The Hall–Kier alpha value is -2.20. The van der Waals surface area contributed by atoms with Gasteiger partial charge < -0.3 is 4.90 Å². The standard InChI is InChI=1S/C19H20Cl2N6O2S/c1-13-9-17(16(21)10-15(13)20)30(28,29)26-7-5-25(6-8-26)18-11-19(23-12-22-18)27-4-3-14(2)24-27/h3-4,9-12H,5-8H2,1-2H3. The molecule has 0 bridgehead atoms. The van der Waals surface area contributed by atoms with Crippen LogP contribution in [0.15, 0.2) is 41.7 Å². The maximum atomic E-state index is 13.1. The molecule has 1 saturated heterocycles. The van der Waals surface area contributed by atoms with Crippen LogP contribution in [0.2, 0.25) is 10.0 Å². The van der Waals surface area contributed by atoms with E-state index in [9.17, 15) is 8.42 Å². The molecule has 0 aliphatic carbocycles. The number of nitrogens with zero attached hydrogens (tertiary/aromatic N) is 6. The van der Waals surface area contributed by atoms with Crippen LogP contribution < -0.4 is 4.90 Å². The smallest absolute Gasteiger partial charge is 0.244 e. The normalized spacial score (nSPS) is 15.5. The Kier molecular flexibility index (Phi) is 5.71. The third-order valence-electron chi connectivity index (χ3n) is 4.99. The summed E-state index contributed by atoms with van der Waals surface area (Å²) in [5.41, 5.74) is 1.56. The number of halogens is 2. The molecule has 0 N–H and O–H groups in total. The van der Waals surface area contributed by atoms with Crippen LogP contribution in [-0.4, -0.2) is 58.7 Å². The van der Waals surface area contributed by atoms with Crippen molar-refractivity contribution in [3.05, 3.63) is 58.1 Å². The molecule has 0 saturated carbocycles. The highest BCUT2D eigenvalue weighted by atomic mass is 35.5. The van der Waals surface area contributed by atoms with E-state index < -0.39 is 10.0 Å². The summed E-state index contributed by atoms with van der Waals surface area (Å²) in [6.07, 6.45) is 3.32. The Morgan fingerprint density at radius 1 is 0.933 bits per heavy atom. The summed E-state index contributed by atoms with van der Waals surface area (Å²) < 4.78 is 29.3. The van der Waals surface area contributed by atoms with Gasteiger partial charge in [-0.15, -0.1) is 0 Å². The van der Waals surface area contributed by atoms with E-state index in [1.54, 1.807) is 11.6 Å². The molecule has 8 nitrogen and oxygen atoms in total. The molecule has 11 heteroatoms. The predicted molar refractivity (Wildman–Crippen MR) is 116 cm³/mol. The van der Waals surface area contributed by atoms with Crippen LogP contribution in [0.3, 0.4) is 0 Å². The molecule has 1 aliphatic rings. The first kappa shape index (κ1) is 21.0. The second-order valence-electron chi connectivity index (χ2n) is 7.06. The molecule has 3 aromatic rings. The van der Waals surface area contributed by atoms with Gasteiger partial charge in [0.1, 0.15) is 17.0 Å². The fraction of sp³-hybridized carbons (Fsp3) is 0.316. The van der Waals surface area contributed by atoms with Crippen LogP contribution >= 0.6 is 23.2 Å². The van der Waals surface area contributed by atoms with Gasteiger partial charge in [0, 0.05) is 43.5 Å². The van der Waals surface area contributed by atoms with E-state index in [0.717, 1.165) is 11.5 Å². The highest BCUT2D eigenvalue weighted by Crippen LogP contribution is 2.31. The SMILES string of the molecule is Cc1ccn(-c2cc(N3CCN(S(=O)(=O)c4cc(C)c(Cl)cc4Cl)CC3)ncn2)n1. The summed E-state index contributed by atoms with van der Waals surface area (Å²) >= 11 is 12.2. The number of benzene rings is 1. The molecule has 0 spiro atoms. The minimum Gasteiger partial charge on any atom is -0.354 e. The van der Waals surface area contributed by atoms with E-state index in [2.05, 4.69) is 15.1 Å². The molecular formula is C19H20Cl2N6O2S. The molecule has 0 atom stereocenters. The summed E-state index contributed by atoms with van der Waals surface area (Å²) in [6, 6.07) is 6.74. The van der Waals surface area contributed by atoms with Crippen molar-refractivity contribution in [2.24, 2.45) is 0 Å². The highest BCUT2D eigenvalue weighted by Gasteiger charge is 2.31. The molecule has 1 fully saturated rings. The van der Waals surface area contributed by atoms with Crippen LogP contribution in [0, 0.1) is 13.8 Å². The van der Waals surface area contributed by atoms with Crippen molar-refractivity contribution in [2.75, 3.05) is 31.1 Å². The lowest BCUT2D eigenvalue weighted by Gasteiger charge is -2.34. The van der Waals surface area contributed by atoms with E-state index in [1.165, 1.54) is 22.8 Å². The van der Waals surface area contributed by atoms with E-state index in [1.807, 2.05) is 30.2 Å². The van der Waals surface area contributed by atoms with Gasteiger partial charge in [-0.05, 0) is 37.6 Å². The molecule has 158 valence electrons. The number of rotatable bonds is 4. The number of hydrogen-bond acceptors (Lipinski definition) is 6. The molecule has 0 unspecified atom stereocenters. The van der Waals surface area contributed by atoms with Crippen LogP contribution in [0.1, 0.15) is 11.3 Å².